The number of nitrogens with one attached hydrogen (secondary N) is 1. The Kier molecular flexibility index (Phi) is 10.5. The second-order valence-electron chi connectivity index (χ2n) is 7.81. The standard InChI is InChI=1S/C24H22BrCl3F3NO2/c1-3-32-22(34)9-13(2)8-21(33)16-6-4-14(10-18(16)25)5-7-17(24(29,30)31)15-11-19(26)23(28)20(27)12-15/h4-7,10-13,17H,3,8-9H2,1-2H3,(H,32,34)/b7-5+. The monoisotopic (exact) mass is 597 g/mol. The SMILES string of the molecule is CCNC(=O)CC(C)CC(=O)c1ccc(/C=C/C(c2cc(Cl)c(Cl)c(Cl)c2)C(F)(F)F)cc1Br. The van der Waals surface area contributed by atoms with E-state index in [1.54, 1.807) is 18.2 Å². The molecule has 0 saturated carbocycles. The minimum absolute atomic E-state index is 0.0125. The molecule has 2 unspecified atom stereocenters. The van der Waals surface area contributed by atoms with Crippen LogP contribution < -0.4 is 5.32 Å². The lowest BCUT2D eigenvalue weighted by atomic mass is 9.95. The molecule has 2 rings (SSSR count). The number of rotatable bonds is 9. The van der Waals surface area contributed by atoms with Gasteiger partial charge in [0.25, 0.3) is 0 Å². The molecule has 0 spiro atoms. The van der Waals surface area contributed by atoms with E-state index in [1.807, 2.05) is 13.8 Å². The quantitative estimate of drug-likeness (QED) is 0.232. The topological polar surface area (TPSA) is 46.2 Å². The zero-order chi connectivity index (χ0) is 25.6. The highest BCUT2D eigenvalue weighted by Gasteiger charge is 2.39. The lowest BCUT2D eigenvalue weighted by Gasteiger charge is -2.18. The summed E-state index contributed by atoms with van der Waals surface area (Å²) in [5.41, 5.74) is 0.706. The molecule has 0 saturated heterocycles. The first-order valence-corrected chi connectivity index (χ1v) is 12.2. The normalized spacial score (nSPS) is 13.7. The van der Waals surface area contributed by atoms with Crippen LogP contribution in [0.25, 0.3) is 6.08 Å². The van der Waals surface area contributed by atoms with Crippen molar-refractivity contribution >= 4 is 68.5 Å². The van der Waals surface area contributed by atoms with Crippen molar-refractivity contribution in [3.63, 3.8) is 0 Å². The molecule has 1 amide bonds. The van der Waals surface area contributed by atoms with Crippen molar-refractivity contribution in [3.05, 3.63) is 72.6 Å². The number of halogens is 7. The van der Waals surface area contributed by atoms with Gasteiger partial charge >= 0.3 is 6.18 Å². The molecule has 10 heteroatoms. The molecule has 0 radical (unpaired) electrons. The maximum atomic E-state index is 13.7. The second-order valence-corrected chi connectivity index (χ2v) is 9.85. The summed E-state index contributed by atoms with van der Waals surface area (Å²) in [7, 11) is 0. The highest BCUT2D eigenvalue weighted by Crippen LogP contribution is 2.41. The number of hydrogen-bond acceptors (Lipinski definition) is 2. The number of hydrogen-bond donors (Lipinski definition) is 1. The van der Waals surface area contributed by atoms with Gasteiger partial charge in [0.1, 0.15) is 0 Å². The third kappa shape index (κ3) is 8.01. The van der Waals surface area contributed by atoms with Crippen molar-refractivity contribution in [1.82, 2.24) is 5.32 Å². The van der Waals surface area contributed by atoms with E-state index in [2.05, 4.69) is 21.2 Å². The number of carbonyl (C=O) groups is 2. The fourth-order valence-electron chi connectivity index (χ4n) is 3.32. The molecule has 0 aromatic heterocycles. The molecule has 34 heavy (non-hydrogen) atoms. The lowest BCUT2D eigenvalue weighted by molar-refractivity contribution is -0.139. The zero-order valence-corrected chi connectivity index (χ0v) is 22.1. The van der Waals surface area contributed by atoms with Crippen LogP contribution in [0, 0.1) is 5.92 Å². The number of allylic oxidation sites excluding steroid dienone is 1. The molecule has 0 fully saturated rings. The average Bonchev–Trinajstić information content (AvgIpc) is 2.71. The molecule has 2 aromatic carbocycles. The zero-order valence-electron chi connectivity index (χ0n) is 18.3. The van der Waals surface area contributed by atoms with Crippen LogP contribution in [0.4, 0.5) is 13.2 Å². The Morgan fingerprint density at radius 2 is 1.71 bits per heavy atom. The van der Waals surface area contributed by atoms with E-state index in [0.717, 1.165) is 18.2 Å². The van der Waals surface area contributed by atoms with E-state index in [0.29, 0.717) is 22.1 Å². The first-order chi connectivity index (χ1) is 15.8. The average molecular weight is 600 g/mol. The van der Waals surface area contributed by atoms with E-state index in [9.17, 15) is 22.8 Å². The molecule has 0 heterocycles. The van der Waals surface area contributed by atoms with Crippen molar-refractivity contribution in [1.29, 1.82) is 0 Å². The largest absolute Gasteiger partial charge is 0.399 e. The Hall–Kier alpha value is -1.54. The van der Waals surface area contributed by atoms with Gasteiger partial charge in [-0.05, 0) is 48.2 Å². The fourth-order valence-corrected chi connectivity index (χ4v) is 4.55. The summed E-state index contributed by atoms with van der Waals surface area (Å²) in [5, 5.41) is 2.54. The lowest BCUT2D eigenvalue weighted by Crippen LogP contribution is -2.25. The first kappa shape index (κ1) is 28.7. The summed E-state index contributed by atoms with van der Waals surface area (Å²) < 4.78 is 41.6. The summed E-state index contributed by atoms with van der Waals surface area (Å²) in [6.45, 7) is 4.15. The molecule has 0 aliphatic carbocycles. The van der Waals surface area contributed by atoms with Crippen molar-refractivity contribution in [2.45, 2.75) is 38.8 Å². The van der Waals surface area contributed by atoms with Gasteiger partial charge in [0.2, 0.25) is 5.91 Å². The van der Waals surface area contributed by atoms with Crippen LogP contribution in [0.15, 0.2) is 40.9 Å². The first-order valence-electron chi connectivity index (χ1n) is 10.3. The molecular weight excluding hydrogens is 578 g/mol. The number of alkyl halides is 3. The molecular formula is C24H22BrCl3F3NO2. The predicted molar refractivity (Wildman–Crippen MR) is 135 cm³/mol. The van der Waals surface area contributed by atoms with Gasteiger partial charge in [-0.2, -0.15) is 13.2 Å². The highest BCUT2D eigenvalue weighted by molar-refractivity contribution is 9.10. The van der Waals surface area contributed by atoms with Gasteiger partial charge in [0.05, 0.1) is 21.0 Å². The van der Waals surface area contributed by atoms with Crippen LogP contribution in [-0.4, -0.2) is 24.4 Å². The minimum atomic E-state index is -4.59. The maximum Gasteiger partial charge on any atom is 0.399 e. The van der Waals surface area contributed by atoms with Crippen LogP contribution >= 0.6 is 50.7 Å². The highest BCUT2D eigenvalue weighted by atomic mass is 79.9. The van der Waals surface area contributed by atoms with Crippen LogP contribution in [0.5, 0.6) is 0 Å². The van der Waals surface area contributed by atoms with Gasteiger partial charge in [0.15, 0.2) is 5.78 Å². The van der Waals surface area contributed by atoms with Crippen LogP contribution in [0.3, 0.4) is 0 Å². The smallest absolute Gasteiger partial charge is 0.356 e. The number of benzene rings is 2. The molecule has 1 N–H and O–H groups in total. The van der Waals surface area contributed by atoms with Gasteiger partial charge < -0.3 is 5.32 Å². The van der Waals surface area contributed by atoms with E-state index >= 15 is 0 Å². The summed E-state index contributed by atoms with van der Waals surface area (Å²) >= 11 is 21.0. The third-order valence-electron chi connectivity index (χ3n) is 4.93. The fraction of sp³-hybridized carbons (Fsp3) is 0.333. The Morgan fingerprint density at radius 1 is 1.09 bits per heavy atom. The Bertz CT molecular complexity index is 1070. The number of Topliss-reactive ketones (excluding diaryl/α,β-unsaturated/α-hetero) is 1. The maximum absolute atomic E-state index is 13.7. The molecule has 0 aliphatic heterocycles. The summed E-state index contributed by atoms with van der Waals surface area (Å²) in [6.07, 6.45) is -1.89. The van der Waals surface area contributed by atoms with E-state index in [-0.39, 0.29) is 51.1 Å². The van der Waals surface area contributed by atoms with Crippen molar-refractivity contribution < 1.29 is 22.8 Å². The number of carbonyl (C=O) groups excluding carboxylic acids is 2. The van der Waals surface area contributed by atoms with Gasteiger partial charge in [0, 0.05) is 29.4 Å². The van der Waals surface area contributed by atoms with Crippen molar-refractivity contribution in [2.75, 3.05) is 6.54 Å². The molecule has 0 bridgehead atoms. The summed E-state index contributed by atoms with van der Waals surface area (Å²) in [5.74, 6) is -2.41. The van der Waals surface area contributed by atoms with Gasteiger partial charge in [-0.1, -0.05) is 75.9 Å². The Balaban J connectivity index is 2.21. The Labute approximate surface area is 219 Å². The van der Waals surface area contributed by atoms with Crippen molar-refractivity contribution in [3.8, 4) is 0 Å². The minimum Gasteiger partial charge on any atom is -0.356 e. The van der Waals surface area contributed by atoms with E-state index < -0.39 is 12.1 Å². The van der Waals surface area contributed by atoms with Crippen LogP contribution in [0.1, 0.15) is 54.1 Å². The summed E-state index contributed by atoms with van der Waals surface area (Å²) in [6, 6.07) is 6.94. The predicted octanol–water partition coefficient (Wildman–Crippen LogP) is 8.50. The molecule has 184 valence electrons. The van der Waals surface area contributed by atoms with Gasteiger partial charge in [-0.3, -0.25) is 9.59 Å². The second kappa shape index (κ2) is 12.4. The van der Waals surface area contributed by atoms with E-state index in [4.69, 9.17) is 34.8 Å². The van der Waals surface area contributed by atoms with E-state index in [1.165, 1.54) is 6.08 Å². The van der Waals surface area contributed by atoms with Crippen LogP contribution in [0.2, 0.25) is 15.1 Å². The number of ketones is 1. The molecule has 3 nitrogen and oxygen atoms in total. The molecule has 0 aliphatic rings. The summed E-state index contributed by atoms with van der Waals surface area (Å²) in [4.78, 5) is 24.3. The third-order valence-corrected chi connectivity index (χ3v) is 6.79. The molecule has 2 atom stereocenters. The van der Waals surface area contributed by atoms with Gasteiger partial charge in [-0.15, -0.1) is 0 Å². The number of amides is 1. The van der Waals surface area contributed by atoms with Crippen LogP contribution in [-0.2, 0) is 4.79 Å². The Morgan fingerprint density at radius 3 is 2.24 bits per heavy atom. The van der Waals surface area contributed by atoms with Crippen molar-refractivity contribution in [2.24, 2.45) is 5.92 Å². The van der Waals surface area contributed by atoms with Gasteiger partial charge in [-0.25, -0.2) is 0 Å². The molecule has 2 aromatic rings.